The fourth-order valence-electron chi connectivity index (χ4n) is 2.54. The van der Waals surface area contributed by atoms with Gasteiger partial charge in [-0.2, -0.15) is 0 Å². The molecule has 1 aliphatic carbocycles. The van der Waals surface area contributed by atoms with Crippen molar-refractivity contribution in [1.29, 1.82) is 0 Å². The Balaban J connectivity index is 0.00000200. The number of halogens is 1. The standard InChI is InChI=1S/C15H23N3O.ClH/c1-15(2)6-3-12(4-7-15)18-14(19)11-5-8-17-13(9-11)10-16;/h5,8-9,12H,3-4,6-7,10,16H2,1-2H3,(H,18,19);1H. The summed E-state index contributed by atoms with van der Waals surface area (Å²) < 4.78 is 0. The number of nitrogens with zero attached hydrogens (tertiary/aromatic N) is 1. The van der Waals surface area contributed by atoms with E-state index in [1.807, 2.05) is 0 Å². The highest BCUT2D eigenvalue weighted by atomic mass is 35.5. The van der Waals surface area contributed by atoms with Gasteiger partial charge in [0.15, 0.2) is 0 Å². The maximum atomic E-state index is 12.2. The van der Waals surface area contributed by atoms with Gasteiger partial charge in [-0.05, 0) is 43.2 Å². The molecule has 0 spiro atoms. The Labute approximate surface area is 126 Å². The van der Waals surface area contributed by atoms with Gasteiger partial charge in [-0.3, -0.25) is 9.78 Å². The van der Waals surface area contributed by atoms with E-state index in [-0.39, 0.29) is 18.3 Å². The van der Waals surface area contributed by atoms with E-state index in [1.54, 1.807) is 18.3 Å². The summed E-state index contributed by atoms with van der Waals surface area (Å²) in [7, 11) is 0. The number of hydrogen-bond acceptors (Lipinski definition) is 3. The van der Waals surface area contributed by atoms with Crippen molar-refractivity contribution < 1.29 is 4.79 Å². The summed E-state index contributed by atoms with van der Waals surface area (Å²) in [5.74, 6) is -0.0122. The fourth-order valence-corrected chi connectivity index (χ4v) is 2.54. The third-order valence-corrected chi connectivity index (χ3v) is 3.96. The number of nitrogens with two attached hydrogens (primary N) is 1. The highest BCUT2D eigenvalue weighted by molar-refractivity contribution is 5.94. The number of nitrogens with one attached hydrogen (secondary N) is 1. The van der Waals surface area contributed by atoms with E-state index in [4.69, 9.17) is 5.73 Å². The van der Waals surface area contributed by atoms with Gasteiger partial charge < -0.3 is 11.1 Å². The van der Waals surface area contributed by atoms with Gasteiger partial charge in [0.05, 0.1) is 5.69 Å². The minimum Gasteiger partial charge on any atom is -0.349 e. The highest BCUT2D eigenvalue weighted by Crippen LogP contribution is 2.35. The van der Waals surface area contributed by atoms with E-state index < -0.39 is 0 Å². The molecule has 4 nitrogen and oxygen atoms in total. The SMILES string of the molecule is CC1(C)CCC(NC(=O)c2ccnc(CN)c2)CC1.Cl. The van der Waals surface area contributed by atoms with E-state index in [9.17, 15) is 4.79 Å². The number of aromatic nitrogens is 1. The quantitative estimate of drug-likeness (QED) is 0.901. The molecule has 20 heavy (non-hydrogen) atoms. The smallest absolute Gasteiger partial charge is 0.251 e. The first-order chi connectivity index (χ1) is 9.00. The number of pyridine rings is 1. The normalized spacial score (nSPS) is 18.1. The van der Waals surface area contributed by atoms with Crippen LogP contribution in [0, 0.1) is 5.41 Å². The molecule has 5 heteroatoms. The molecule has 0 unspecified atom stereocenters. The van der Waals surface area contributed by atoms with E-state index >= 15 is 0 Å². The van der Waals surface area contributed by atoms with Crippen molar-refractivity contribution >= 4 is 18.3 Å². The van der Waals surface area contributed by atoms with Gasteiger partial charge in [0.25, 0.3) is 5.91 Å². The molecule has 0 aromatic carbocycles. The summed E-state index contributed by atoms with van der Waals surface area (Å²) in [5.41, 5.74) is 7.36. The lowest BCUT2D eigenvalue weighted by atomic mass is 9.75. The first kappa shape index (κ1) is 16.9. The Bertz CT molecular complexity index is 452. The summed E-state index contributed by atoms with van der Waals surface area (Å²) in [5, 5.41) is 3.12. The second-order valence-electron chi connectivity index (χ2n) is 6.15. The van der Waals surface area contributed by atoms with Crippen LogP contribution in [-0.4, -0.2) is 16.9 Å². The zero-order valence-corrected chi connectivity index (χ0v) is 13.0. The van der Waals surface area contributed by atoms with Crippen LogP contribution >= 0.6 is 12.4 Å². The number of hydrogen-bond donors (Lipinski definition) is 2. The summed E-state index contributed by atoms with van der Waals surface area (Å²) >= 11 is 0. The molecule has 2 rings (SSSR count). The molecule has 1 heterocycles. The summed E-state index contributed by atoms with van der Waals surface area (Å²) in [6, 6.07) is 3.80. The number of carbonyl (C=O) groups excluding carboxylic acids is 1. The van der Waals surface area contributed by atoms with Gasteiger partial charge in [0.1, 0.15) is 0 Å². The van der Waals surface area contributed by atoms with Crippen LogP contribution in [-0.2, 0) is 6.54 Å². The first-order valence-electron chi connectivity index (χ1n) is 6.96. The van der Waals surface area contributed by atoms with Crippen LogP contribution < -0.4 is 11.1 Å². The molecule has 1 aromatic rings. The second kappa shape index (κ2) is 7.04. The maximum absolute atomic E-state index is 12.2. The summed E-state index contributed by atoms with van der Waals surface area (Å²) in [6.07, 6.45) is 6.10. The van der Waals surface area contributed by atoms with Crippen molar-refractivity contribution in [3.63, 3.8) is 0 Å². The third-order valence-electron chi connectivity index (χ3n) is 3.96. The van der Waals surface area contributed by atoms with Crippen LogP contribution in [0.15, 0.2) is 18.3 Å². The lowest BCUT2D eigenvalue weighted by Gasteiger charge is -2.34. The van der Waals surface area contributed by atoms with E-state index in [2.05, 4.69) is 24.1 Å². The number of amides is 1. The average molecular weight is 298 g/mol. The second-order valence-corrected chi connectivity index (χ2v) is 6.15. The minimum atomic E-state index is -0.0122. The lowest BCUT2D eigenvalue weighted by Crippen LogP contribution is -2.39. The predicted molar refractivity (Wildman–Crippen MR) is 82.9 cm³/mol. The van der Waals surface area contributed by atoms with Crippen LogP contribution in [0.3, 0.4) is 0 Å². The van der Waals surface area contributed by atoms with Crippen LogP contribution in [0.25, 0.3) is 0 Å². The summed E-state index contributed by atoms with van der Waals surface area (Å²) in [6.45, 7) is 4.95. The molecule has 1 fully saturated rings. The van der Waals surface area contributed by atoms with E-state index in [0.717, 1.165) is 18.5 Å². The van der Waals surface area contributed by atoms with Crippen LogP contribution in [0.1, 0.15) is 55.6 Å². The van der Waals surface area contributed by atoms with Gasteiger partial charge in [-0.25, -0.2) is 0 Å². The highest BCUT2D eigenvalue weighted by Gasteiger charge is 2.27. The fraction of sp³-hybridized carbons (Fsp3) is 0.600. The number of carbonyl (C=O) groups is 1. The minimum absolute atomic E-state index is 0. The average Bonchev–Trinajstić information content (AvgIpc) is 2.41. The Kier molecular flexibility index (Phi) is 5.96. The molecule has 1 saturated carbocycles. The molecular weight excluding hydrogens is 274 g/mol. The third kappa shape index (κ3) is 4.46. The van der Waals surface area contributed by atoms with Crippen molar-refractivity contribution in [1.82, 2.24) is 10.3 Å². The molecule has 0 aliphatic heterocycles. The molecule has 1 aromatic heterocycles. The topological polar surface area (TPSA) is 68.0 Å². The van der Waals surface area contributed by atoms with Crippen molar-refractivity contribution in [2.45, 2.75) is 52.1 Å². The van der Waals surface area contributed by atoms with Gasteiger partial charge >= 0.3 is 0 Å². The zero-order chi connectivity index (χ0) is 13.9. The zero-order valence-electron chi connectivity index (χ0n) is 12.2. The van der Waals surface area contributed by atoms with Gasteiger partial charge in [-0.1, -0.05) is 13.8 Å². The molecule has 0 bridgehead atoms. The van der Waals surface area contributed by atoms with E-state index in [0.29, 0.717) is 23.6 Å². The van der Waals surface area contributed by atoms with Crippen molar-refractivity contribution in [2.75, 3.05) is 0 Å². The molecule has 1 amide bonds. The maximum Gasteiger partial charge on any atom is 0.251 e. The monoisotopic (exact) mass is 297 g/mol. The molecule has 0 saturated heterocycles. The van der Waals surface area contributed by atoms with Gasteiger partial charge in [0.2, 0.25) is 0 Å². The molecular formula is C15H24ClN3O. The molecule has 1 aliphatic rings. The molecule has 0 radical (unpaired) electrons. The Morgan fingerprint density at radius 1 is 1.45 bits per heavy atom. The molecule has 3 N–H and O–H groups in total. The largest absolute Gasteiger partial charge is 0.349 e. The van der Waals surface area contributed by atoms with Crippen LogP contribution in [0.4, 0.5) is 0 Å². The Morgan fingerprint density at radius 2 is 2.10 bits per heavy atom. The van der Waals surface area contributed by atoms with Gasteiger partial charge in [-0.15, -0.1) is 12.4 Å². The summed E-state index contributed by atoms with van der Waals surface area (Å²) in [4.78, 5) is 16.3. The predicted octanol–water partition coefficient (Wildman–Crippen LogP) is 2.66. The molecule has 112 valence electrons. The van der Waals surface area contributed by atoms with Crippen molar-refractivity contribution in [3.8, 4) is 0 Å². The lowest BCUT2D eigenvalue weighted by molar-refractivity contribution is 0.0909. The Hall–Kier alpha value is -1.13. The number of rotatable bonds is 3. The van der Waals surface area contributed by atoms with Crippen LogP contribution in [0.2, 0.25) is 0 Å². The van der Waals surface area contributed by atoms with Crippen molar-refractivity contribution in [3.05, 3.63) is 29.6 Å². The first-order valence-corrected chi connectivity index (χ1v) is 6.96. The molecule has 0 atom stereocenters. The van der Waals surface area contributed by atoms with Gasteiger partial charge in [0, 0.05) is 24.3 Å². The van der Waals surface area contributed by atoms with E-state index in [1.165, 1.54) is 12.8 Å². The Morgan fingerprint density at radius 3 is 2.70 bits per heavy atom. The van der Waals surface area contributed by atoms with Crippen LogP contribution in [0.5, 0.6) is 0 Å². The van der Waals surface area contributed by atoms with Crippen molar-refractivity contribution in [2.24, 2.45) is 11.1 Å².